The number of carbonyl (C=O) groups is 1. The number of halogens is 1. The van der Waals surface area contributed by atoms with Gasteiger partial charge < -0.3 is 33.5 Å². The molecule has 0 radical (unpaired) electrons. The number of hydrogen-bond acceptors (Lipinski definition) is 4. The van der Waals surface area contributed by atoms with Crippen molar-refractivity contribution in [1.29, 1.82) is 0 Å². The van der Waals surface area contributed by atoms with Crippen LogP contribution in [0.3, 0.4) is 0 Å². The van der Waals surface area contributed by atoms with E-state index in [1.54, 1.807) is 0 Å². The quantitative estimate of drug-likeness (QED) is 0.252. The van der Waals surface area contributed by atoms with Gasteiger partial charge in [0, 0.05) is 0 Å². The van der Waals surface area contributed by atoms with Crippen molar-refractivity contribution < 1.29 is 39.8 Å². The number of hydrogen-bond donors (Lipinski definition) is 5. The van der Waals surface area contributed by atoms with E-state index in [0.29, 0.717) is 0 Å². The summed E-state index contributed by atoms with van der Waals surface area (Å²) < 4.78 is 26.0. The Hall–Kier alpha value is -0.650. The smallest absolute Gasteiger partial charge is 0.330 e. The molecule has 0 fully saturated rings. The Morgan fingerprint density at radius 2 is 1.41 bits per heavy atom. The van der Waals surface area contributed by atoms with Crippen LogP contribution in [0.2, 0.25) is 0 Å². The molecular weight excluding hydrogens is 276 g/mol. The molecule has 0 aromatic rings. The van der Waals surface area contributed by atoms with Gasteiger partial charge in [-0.05, 0) is 0 Å². The Morgan fingerprint density at radius 1 is 1.24 bits per heavy atom. The maximum atomic E-state index is 9.00. The van der Waals surface area contributed by atoms with Crippen LogP contribution in [-0.2, 0) is 10.3 Å². The molecule has 11 heteroatoms. The van der Waals surface area contributed by atoms with Gasteiger partial charge >= 0.3 is 16.3 Å². The predicted molar refractivity (Wildman–Crippen MR) is 59.5 cm³/mol. The number of likely N-dealkylation sites (N-methyl/N-ethyl adjacent to an activating group) is 1. The molecule has 0 atom stereocenters. The summed E-state index contributed by atoms with van der Waals surface area (Å²) in [5, 5.41) is 12.3. The lowest BCUT2D eigenvalue weighted by atomic mass is 10.5. The summed E-state index contributed by atoms with van der Waals surface area (Å²) in [6, 6.07) is -0.833. The van der Waals surface area contributed by atoms with Crippen molar-refractivity contribution in [2.24, 2.45) is 16.6 Å². The predicted octanol–water partition coefficient (Wildman–Crippen LogP) is -5.54. The van der Waals surface area contributed by atoms with Crippen LogP contribution in [0.25, 0.3) is 0 Å². The number of rotatable bonds is 2. The summed E-state index contributed by atoms with van der Waals surface area (Å²) >= 11 is 0. The summed E-state index contributed by atoms with van der Waals surface area (Å²) in [6.07, 6.45) is 0. The van der Waals surface area contributed by atoms with Gasteiger partial charge in [0.1, 0.15) is 6.54 Å². The molecule has 108 valence electrons. The topological polar surface area (TPSA) is 170 Å². The number of amides is 2. The Labute approximate surface area is 107 Å². The van der Waals surface area contributed by atoms with E-state index < -0.39 is 16.3 Å². The SMILES string of the molecule is C[N+](C)(C)CCO.NC(N)=O.NS(=O)(=O)O.[Cl-]. The zero-order valence-corrected chi connectivity index (χ0v) is 11.6. The van der Waals surface area contributed by atoms with Gasteiger partial charge in [-0.2, -0.15) is 8.42 Å². The van der Waals surface area contributed by atoms with Crippen LogP contribution < -0.4 is 29.0 Å². The monoisotopic (exact) mass is 296 g/mol. The second-order valence-electron chi connectivity index (χ2n) is 3.65. The first-order chi connectivity index (χ1) is 6.79. The molecule has 0 aromatic heterocycles. The van der Waals surface area contributed by atoms with E-state index in [0.717, 1.165) is 11.0 Å². The van der Waals surface area contributed by atoms with Gasteiger partial charge in [-0.1, -0.05) is 0 Å². The summed E-state index contributed by atoms with van der Waals surface area (Å²) in [5.74, 6) is 0. The fraction of sp³-hybridized carbons (Fsp3) is 0.833. The Bertz CT molecular complexity index is 265. The third kappa shape index (κ3) is 244. The number of carbonyl (C=O) groups excluding carboxylic acids is 1. The molecule has 0 aromatic carbocycles. The normalized spacial score (nSPS) is 9.76. The van der Waals surface area contributed by atoms with Gasteiger partial charge in [-0.25, -0.2) is 9.93 Å². The van der Waals surface area contributed by atoms with E-state index in [1.807, 2.05) is 0 Å². The summed E-state index contributed by atoms with van der Waals surface area (Å²) in [7, 11) is 1.99. The highest BCUT2D eigenvalue weighted by Gasteiger charge is 2.02. The number of aliphatic hydroxyl groups is 1. The van der Waals surface area contributed by atoms with Crippen LogP contribution in [0.1, 0.15) is 0 Å². The maximum Gasteiger partial charge on any atom is 0.330 e. The molecule has 9 nitrogen and oxygen atoms in total. The van der Waals surface area contributed by atoms with Crippen molar-refractivity contribution in [3.8, 4) is 0 Å². The zero-order chi connectivity index (χ0) is 14.0. The van der Waals surface area contributed by atoms with Crippen molar-refractivity contribution in [2.45, 2.75) is 0 Å². The van der Waals surface area contributed by atoms with Gasteiger partial charge in [0.05, 0.1) is 27.7 Å². The number of nitrogens with two attached hydrogens (primary N) is 3. The highest BCUT2D eigenvalue weighted by molar-refractivity contribution is 7.83. The number of quaternary nitrogens is 1. The molecule has 0 saturated carbocycles. The first-order valence-electron chi connectivity index (χ1n) is 4.01. The summed E-state index contributed by atoms with van der Waals surface area (Å²) in [4.78, 5) is 9.00. The van der Waals surface area contributed by atoms with Crippen molar-refractivity contribution in [1.82, 2.24) is 0 Å². The molecule has 0 heterocycles. The number of urea groups is 1. The van der Waals surface area contributed by atoms with Crippen LogP contribution in [0.4, 0.5) is 4.79 Å². The van der Waals surface area contributed by atoms with Crippen LogP contribution >= 0.6 is 0 Å². The summed E-state index contributed by atoms with van der Waals surface area (Å²) in [5.41, 5.74) is 8.50. The van der Waals surface area contributed by atoms with Crippen molar-refractivity contribution in [3.05, 3.63) is 0 Å². The Morgan fingerprint density at radius 3 is 1.41 bits per heavy atom. The highest BCUT2D eigenvalue weighted by Crippen LogP contribution is 1.84. The van der Waals surface area contributed by atoms with Crippen LogP contribution in [0.15, 0.2) is 0 Å². The standard InChI is InChI=1S/C5H14NO.CH4N2O.ClH.H3NO3S/c1-6(2,3)4-5-7;2-1(3)4;;1-5(2,3)4/h7H,4-5H2,1-3H3;(H4,2,3,4);1H;(H3,1,2,3,4)/q+1;;;/p-1. The molecular formula is C6H21ClN4O5S. The number of nitrogens with zero attached hydrogens (tertiary/aromatic N) is 1. The minimum atomic E-state index is -4.17. The molecule has 0 aliphatic heterocycles. The van der Waals surface area contributed by atoms with E-state index in [2.05, 4.69) is 37.7 Å². The van der Waals surface area contributed by atoms with Gasteiger partial charge in [0.15, 0.2) is 0 Å². The average Bonchev–Trinajstić information content (AvgIpc) is 1.76. The lowest BCUT2D eigenvalue weighted by molar-refractivity contribution is -0.870. The van der Waals surface area contributed by atoms with E-state index in [-0.39, 0.29) is 19.0 Å². The third-order valence-electron chi connectivity index (χ3n) is 0.771. The zero-order valence-electron chi connectivity index (χ0n) is 10.00. The first-order valence-corrected chi connectivity index (χ1v) is 5.51. The lowest BCUT2D eigenvalue weighted by Gasteiger charge is -2.21. The summed E-state index contributed by atoms with van der Waals surface area (Å²) in [6.45, 7) is 1.11. The third-order valence-corrected chi connectivity index (χ3v) is 0.771. The van der Waals surface area contributed by atoms with Crippen molar-refractivity contribution >= 4 is 16.3 Å². The van der Waals surface area contributed by atoms with E-state index in [4.69, 9.17) is 22.9 Å². The number of primary amides is 2. The molecule has 17 heavy (non-hydrogen) atoms. The molecule has 8 N–H and O–H groups in total. The molecule has 0 unspecified atom stereocenters. The van der Waals surface area contributed by atoms with Gasteiger partial charge in [-0.15, -0.1) is 0 Å². The minimum absolute atomic E-state index is 0. The average molecular weight is 297 g/mol. The van der Waals surface area contributed by atoms with Crippen molar-refractivity contribution in [3.63, 3.8) is 0 Å². The maximum absolute atomic E-state index is 9.00. The van der Waals surface area contributed by atoms with Gasteiger partial charge in [0.25, 0.3) is 0 Å². The molecule has 0 spiro atoms. The number of aliphatic hydroxyl groups excluding tert-OH is 1. The fourth-order valence-electron chi connectivity index (χ4n) is 0.300. The van der Waals surface area contributed by atoms with E-state index >= 15 is 0 Å². The lowest BCUT2D eigenvalue weighted by Crippen LogP contribution is -3.00. The van der Waals surface area contributed by atoms with Gasteiger partial charge in [-0.3, -0.25) is 4.55 Å². The second kappa shape index (κ2) is 11.8. The van der Waals surface area contributed by atoms with E-state index in [1.165, 1.54) is 0 Å². The fourth-order valence-corrected chi connectivity index (χ4v) is 0.300. The van der Waals surface area contributed by atoms with E-state index in [9.17, 15) is 0 Å². The minimum Gasteiger partial charge on any atom is -1.00 e. The van der Waals surface area contributed by atoms with Crippen molar-refractivity contribution in [2.75, 3.05) is 34.3 Å². The largest absolute Gasteiger partial charge is 1.00 e. The Kier molecular flexibility index (Phi) is 17.6. The molecule has 0 aliphatic carbocycles. The van der Waals surface area contributed by atoms with Crippen LogP contribution in [0.5, 0.6) is 0 Å². The van der Waals surface area contributed by atoms with Crippen LogP contribution in [-0.4, -0.2) is 62.9 Å². The first kappa shape index (κ1) is 25.3. The highest BCUT2D eigenvalue weighted by atomic mass is 35.5. The molecule has 0 aliphatic rings. The molecule has 0 bridgehead atoms. The molecule has 0 saturated heterocycles. The second-order valence-corrected chi connectivity index (χ2v) is 4.68. The molecule has 0 rings (SSSR count). The van der Waals surface area contributed by atoms with Gasteiger partial charge in [0.2, 0.25) is 0 Å². The Balaban J connectivity index is -0.0000000757. The van der Waals surface area contributed by atoms with Crippen LogP contribution in [0, 0.1) is 0 Å². The molecule has 2 amide bonds.